The van der Waals surface area contributed by atoms with Crippen molar-refractivity contribution >= 4 is 11.6 Å². The summed E-state index contributed by atoms with van der Waals surface area (Å²) in [4.78, 5) is 20.0. The first-order chi connectivity index (χ1) is 12.0. The van der Waals surface area contributed by atoms with E-state index in [1.807, 2.05) is 11.0 Å². The van der Waals surface area contributed by atoms with Gasteiger partial charge in [-0.2, -0.15) is 0 Å². The number of methoxy groups -OCH3 is 1. The molecule has 2 aliphatic heterocycles. The summed E-state index contributed by atoms with van der Waals surface area (Å²) >= 11 is 0. The van der Waals surface area contributed by atoms with Crippen LogP contribution in [-0.4, -0.2) is 73.7 Å². The number of rotatable bonds is 5. The summed E-state index contributed by atoms with van der Waals surface area (Å²) in [5.74, 6) is 0.231. The first-order valence-corrected chi connectivity index (χ1v) is 9.41. The van der Waals surface area contributed by atoms with Crippen molar-refractivity contribution in [3.05, 3.63) is 29.8 Å². The average molecular weight is 345 g/mol. The molecule has 0 aromatic heterocycles. The summed E-state index contributed by atoms with van der Waals surface area (Å²) in [7, 11) is 1.75. The van der Waals surface area contributed by atoms with E-state index in [1.54, 1.807) is 7.11 Å². The number of anilines is 1. The number of hydrogen-bond donors (Lipinski definition) is 0. The molecule has 1 aromatic carbocycles. The number of carbonyl (C=O) groups excluding carboxylic acids is 1. The Morgan fingerprint density at radius 3 is 2.72 bits per heavy atom. The largest absolute Gasteiger partial charge is 0.383 e. The molecule has 1 saturated heterocycles. The van der Waals surface area contributed by atoms with Crippen molar-refractivity contribution in [3.63, 3.8) is 0 Å². The maximum absolute atomic E-state index is 13.2. The Bertz CT molecular complexity index is 606. The van der Waals surface area contributed by atoms with Gasteiger partial charge < -0.3 is 9.64 Å². The second-order valence-electron chi connectivity index (χ2n) is 7.44. The maximum Gasteiger partial charge on any atom is 0.244 e. The Morgan fingerprint density at radius 1 is 1.24 bits per heavy atom. The zero-order valence-corrected chi connectivity index (χ0v) is 15.9. The fraction of sp³-hybridized carbons (Fsp3) is 0.650. The van der Waals surface area contributed by atoms with Gasteiger partial charge >= 0.3 is 0 Å². The van der Waals surface area contributed by atoms with E-state index in [-0.39, 0.29) is 18.0 Å². The predicted molar refractivity (Wildman–Crippen MR) is 101 cm³/mol. The Hall–Kier alpha value is -1.43. The van der Waals surface area contributed by atoms with E-state index < -0.39 is 0 Å². The molecule has 2 aliphatic rings. The lowest BCUT2D eigenvalue weighted by Gasteiger charge is -2.42. The maximum atomic E-state index is 13.2. The molecule has 5 nitrogen and oxygen atoms in total. The Morgan fingerprint density at radius 2 is 2.00 bits per heavy atom. The minimum absolute atomic E-state index is 0.0827. The number of carbonyl (C=O) groups is 1. The van der Waals surface area contributed by atoms with Crippen LogP contribution in [0.3, 0.4) is 0 Å². The molecule has 0 aliphatic carbocycles. The molecule has 0 saturated carbocycles. The molecular formula is C20H31N3O2. The van der Waals surface area contributed by atoms with Crippen LogP contribution >= 0.6 is 0 Å². The molecule has 0 bridgehead atoms. The second-order valence-corrected chi connectivity index (χ2v) is 7.44. The molecule has 138 valence electrons. The number of nitrogens with zero attached hydrogens (tertiary/aromatic N) is 3. The molecule has 0 spiro atoms. The van der Waals surface area contributed by atoms with Crippen LogP contribution < -0.4 is 4.90 Å². The lowest BCUT2D eigenvalue weighted by Crippen LogP contribution is -2.58. The molecule has 0 N–H and O–H groups in total. The van der Waals surface area contributed by atoms with Gasteiger partial charge in [0.15, 0.2) is 0 Å². The number of piperazine rings is 1. The van der Waals surface area contributed by atoms with Crippen molar-refractivity contribution in [2.75, 3.05) is 44.8 Å². The quantitative estimate of drug-likeness (QED) is 0.818. The minimum atomic E-state index is -0.0827. The number of benzene rings is 1. The Balaban J connectivity index is 1.65. The van der Waals surface area contributed by atoms with Crippen LogP contribution in [0.4, 0.5) is 5.69 Å². The molecular weight excluding hydrogens is 314 g/mol. The molecule has 2 heterocycles. The van der Waals surface area contributed by atoms with Crippen molar-refractivity contribution in [2.24, 2.45) is 0 Å². The molecule has 0 radical (unpaired) electrons. The van der Waals surface area contributed by atoms with Crippen molar-refractivity contribution < 1.29 is 9.53 Å². The van der Waals surface area contributed by atoms with Gasteiger partial charge in [0.05, 0.1) is 12.6 Å². The summed E-state index contributed by atoms with van der Waals surface area (Å²) in [5, 5.41) is 0. The van der Waals surface area contributed by atoms with Gasteiger partial charge in [-0.25, -0.2) is 0 Å². The molecule has 25 heavy (non-hydrogen) atoms. The number of amides is 1. The number of fused-ring (bicyclic) bond motifs is 1. The zero-order valence-electron chi connectivity index (χ0n) is 15.9. The lowest BCUT2D eigenvalue weighted by atomic mass is 10.1. The van der Waals surface area contributed by atoms with Gasteiger partial charge in [-0.05, 0) is 38.8 Å². The molecule has 5 heteroatoms. The minimum Gasteiger partial charge on any atom is -0.383 e. The van der Waals surface area contributed by atoms with E-state index in [1.165, 1.54) is 5.56 Å². The fourth-order valence-corrected chi connectivity index (χ4v) is 4.17. The summed E-state index contributed by atoms with van der Waals surface area (Å²) in [6.07, 6.45) is 0.954. The highest BCUT2D eigenvalue weighted by Crippen LogP contribution is 2.32. The average Bonchev–Trinajstić information content (AvgIpc) is 2.95. The van der Waals surface area contributed by atoms with E-state index in [9.17, 15) is 4.79 Å². The lowest BCUT2D eigenvalue weighted by molar-refractivity contribution is -0.124. The van der Waals surface area contributed by atoms with Gasteiger partial charge in [-0.1, -0.05) is 18.2 Å². The third-order valence-corrected chi connectivity index (χ3v) is 5.73. The highest BCUT2D eigenvalue weighted by atomic mass is 16.5. The smallest absolute Gasteiger partial charge is 0.244 e. The molecule has 3 atom stereocenters. The SMILES string of the molecule is COCCN1CCN([C@H](C)C(=O)N2c3ccccc3C[C@@H]2C)C[C@H]1C. The topological polar surface area (TPSA) is 36.0 Å². The van der Waals surface area contributed by atoms with Gasteiger partial charge in [0.2, 0.25) is 5.91 Å². The number of ether oxygens (including phenoxy) is 1. The van der Waals surface area contributed by atoms with Gasteiger partial charge in [-0.3, -0.25) is 14.6 Å². The fourth-order valence-electron chi connectivity index (χ4n) is 4.17. The Kier molecular flexibility index (Phi) is 5.77. The first-order valence-electron chi connectivity index (χ1n) is 9.41. The van der Waals surface area contributed by atoms with E-state index in [2.05, 4.69) is 48.8 Å². The van der Waals surface area contributed by atoms with E-state index >= 15 is 0 Å². The van der Waals surface area contributed by atoms with Gasteiger partial charge in [0.1, 0.15) is 0 Å². The highest BCUT2D eigenvalue weighted by molar-refractivity contribution is 5.99. The van der Waals surface area contributed by atoms with Crippen LogP contribution in [0.1, 0.15) is 26.3 Å². The first kappa shape index (κ1) is 18.4. The molecule has 1 fully saturated rings. The van der Waals surface area contributed by atoms with E-state index in [0.717, 1.165) is 44.9 Å². The van der Waals surface area contributed by atoms with Crippen LogP contribution in [0.25, 0.3) is 0 Å². The zero-order chi connectivity index (χ0) is 18.0. The Labute approximate surface area is 151 Å². The normalized spacial score (nSPS) is 25.8. The predicted octanol–water partition coefficient (Wildman–Crippen LogP) is 2.01. The number of hydrogen-bond acceptors (Lipinski definition) is 4. The van der Waals surface area contributed by atoms with Gasteiger partial charge in [-0.15, -0.1) is 0 Å². The van der Waals surface area contributed by atoms with E-state index in [0.29, 0.717) is 6.04 Å². The van der Waals surface area contributed by atoms with Crippen molar-refractivity contribution in [3.8, 4) is 0 Å². The summed E-state index contributed by atoms with van der Waals surface area (Å²) in [6.45, 7) is 11.0. The summed E-state index contributed by atoms with van der Waals surface area (Å²) in [6, 6.07) is 8.91. The standard InChI is InChI=1S/C20H31N3O2/c1-15-13-18-7-5-6-8-19(18)23(15)20(24)17(3)22-10-9-21(11-12-25-4)16(2)14-22/h5-8,15-17H,9-14H2,1-4H3/t15-,16+,17+/m0/s1. The van der Waals surface area contributed by atoms with Crippen molar-refractivity contribution in [1.82, 2.24) is 9.80 Å². The van der Waals surface area contributed by atoms with Crippen molar-refractivity contribution in [2.45, 2.75) is 45.3 Å². The monoisotopic (exact) mass is 345 g/mol. The molecule has 1 amide bonds. The summed E-state index contributed by atoms with van der Waals surface area (Å²) < 4.78 is 5.20. The third kappa shape index (κ3) is 3.73. The summed E-state index contributed by atoms with van der Waals surface area (Å²) in [5.41, 5.74) is 2.38. The van der Waals surface area contributed by atoms with Crippen LogP contribution in [0.2, 0.25) is 0 Å². The van der Waals surface area contributed by atoms with Crippen LogP contribution in [0.5, 0.6) is 0 Å². The van der Waals surface area contributed by atoms with Gasteiger partial charge in [0.25, 0.3) is 0 Å². The molecule has 3 rings (SSSR count). The third-order valence-electron chi connectivity index (χ3n) is 5.73. The second kappa shape index (κ2) is 7.85. The highest BCUT2D eigenvalue weighted by Gasteiger charge is 2.36. The van der Waals surface area contributed by atoms with Gasteiger partial charge in [0, 0.05) is 51.1 Å². The molecule has 0 unspecified atom stereocenters. The van der Waals surface area contributed by atoms with E-state index in [4.69, 9.17) is 4.74 Å². The van der Waals surface area contributed by atoms with Crippen LogP contribution in [0, 0.1) is 0 Å². The van der Waals surface area contributed by atoms with Crippen LogP contribution in [0.15, 0.2) is 24.3 Å². The van der Waals surface area contributed by atoms with Crippen LogP contribution in [-0.2, 0) is 16.0 Å². The number of para-hydroxylation sites is 1. The van der Waals surface area contributed by atoms with Crippen molar-refractivity contribution in [1.29, 1.82) is 0 Å². The molecule has 1 aromatic rings.